The SMILES string of the molecule is CCCCCCCCCC(=O)N1CCCCC1CCOC(=O)NCCCN(C)C. The number of carbonyl (C=O) groups excluding carboxylic acids is 2. The van der Waals surface area contributed by atoms with Gasteiger partial charge in [-0.15, -0.1) is 0 Å². The second-order valence-electron chi connectivity index (χ2n) is 8.62. The fourth-order valence-electron chi connectivity index (χ4n) is 3.93. The Morgan fingerprint density at radius 3 is 2.48 bits per heavy atom. The van der Waals surface area contributed by atoms with Gasteiger partial charge in [0.1, 0.15) is 0 Å². The molecular formula is C23H45N3O3. The van der Waals surface area contributed by atoms with Crippen molar-refractivity contribution in [2.24, 2.45) is 0 Å². The van der Waals surface area contributed by atoms with E-state index in [9.17, 15) is 9.59 Å². The van der Waals surface area contributed by atoms with Crippen LogP contribution in [-0.4, -0.2) is 68.2 Å². The largest absolute Gasteiger partial charge is 0.449 e. The summed E-state index contributed by atoms with van der Waals surface area (Å²) >= 11 is 0. The van der Waals surface area contributed by atoms with E-state index in [0.29, 0.717) is 19.6 Å². The maximum atomic E-state index is 12.7. The van der Waals surface area contributed by atoms with Crippen molar-refractivity contribution in [3.8, 4) is 0 Å². The number of likely N-dealkylation sites (tertiary alicyclic amines) is 1. The lowest BCUT2D eigenvalue weighted by Gasteiger charge is -2.36. The van der Waals surface area contributed by atoms with Crippen molar-refractivity contribution in [1.29, 1.82) is 0 Å². The number of unbranched alkanes of at least 4 members (excludes halogenated alkanes) is 6. The highest BCUT2D eigenvalue weighted by Gasteiger charge is 2.26. The van der Waals surface area contributed by atoms with Crippen LogP contribution in [0, 0.1) is 0 Å². The van der Waals surface area contributed by atoms with Gasteiger partial charge in [-0.3, -0.25) is 4.79 Å². The Morgan fingerprint density at radius 2 is 1.76 bits per heavy atom. The van der Waals surface area contributed by atoms with Gasteiger partial charge < -0.3 is 19.9 Å². The van der Waals surface area contributed by atoms with Crippen molar-refractivity contribution in [2.45, 2.75) is 96.4 Å². The molecule has 0 aromatic carbocycles. The Hall–Kier alpha value is -1.30. The highest BCUT2D eigenvalue weighted by atomic mass is 16.5. The molecule has 0 radical (unpaired) electrons. The molecule has 1 atom stereocenters. The standard InChI is InChI=1S/C23H45N3O3/c1-4-5-6-7-8-9-10-15-22(27)26-19-12-11-14-21(26)16-20-29-23(28)24-17-13-18-25(2)3/h21H,4-20H2,1-3H3,(H,24,28). The van der Waals surface area contributed by atoms with Crippen LogP contribution < -0.4 is 5.32 Å². The normalized spacial score (nSPS) is 16.8. The lowest BCUT2D eigenvalue weighted by Crippen LogP contribution is -2.44. The van der Waals surface area contributed by atoms with Crippen LogP contribution in [0.3, 0.4) is 0 Å². The molecule has 1 aliphatic rings. The van der Waals surface area contributed by atoms with Crippen molar-refractivity contribution >= 4 is 12.0 Å². The van der Waals surface area contributed by atoms with Crippen LogP contribution in [0.15, 0.2) is 0 Å². The Balaban J connectivity index is 2.19. The first kappa shape index (κ1) is 25.7. The van der Waals surface area contributed by atoms with Crippen LogP contribution in [0.4, 0.5) is 4.79 Å². The van der Waals surface area contributed by atoms with E-state index in [1.807, 2.05) is 14.1 Å². The molecule has 1 N–H and O–H groups in total. The second-order valence-corrected chi connectivity index (χ2v) is 8.62. The van der Waals surface area contributed by atoms with Crippen molar-refractivity contribution in [1.82, 2.24) is 15.1 Å². The van der Waals surface area contributed by atoms with Crippen molar-refractivity contribution in [3.63, 3.8) is 0 Å². The van der Waals surface area contributed by atoms with Gasteiger partial charge in [-0.1, -0.05) is 45.4 Å². The minimum atomic E-state index is -0.347. The van der Waals surface area contributed by atoms with Crippen molar-refractivity contribution in [2.75, 3.05) is 40.3 Å². The number of hydrogen-bond acceptors (Lipinski definition) is 4. The molecule has 170 valence electrons. The van der Waals surface area contributed by atoms with Gasteiger partial charge in [-0.05, 0) is 52.7 Å². The third kappa shape index (κ3) is 12.8. The van der Waals surface area contributed by atoms with Gasteiger partial charge in [0.05, 0.1) is 6.61 Å². The second kappa shape index (κ2) is 16.5. The molecule has 0 bridgehead atoms. The first-order valence-corrected chi connectivity index (χ1v) is 11.9. The molecule has 1 saturated heterocycles. The average molecular weight is 412 g/mol. The summed E-state index contributed by atoms with van der Waals surface area (Å²) in [5.74, 6) is 0.288. The summed E-state index contributed by atoms with van der Waals surface area (Å²) < 4.78 is 5.32. The molecule has 1 aliphatic heterocycles. The van der Waals surface area contributed by atoms with E-state index in [-0.39, 0.29) is 18.0 Å². The van der Waals surface area contributed by atoms with Crippen LogP contribution in [-0.2, 0) is 9.53 Å². The van der Waals surface area contributed by atoms with Gasteiger partial charge in [0.2, 0.25) is 5.91 Å². The number of alkyl carbamates (subject to hydrolysis) is 1. The third-order valence-electron chi connectivity index (χ3n) is 5.68. The van der Waals surface area contributed by atoms with Crippen LogP contribution in [0.25, 0.3) is 0 Å². The Kier molecular flexibility index (Phi) is 14.6. The molecule has 6 nitrogen and oxygen atoms in total. The van der Waals surface area contributed by atoms with E-state index >= 15 is 0 Å². The van der Waals surface area contributed by atoms with E-state index in [1.54, 1.807) is 0 Å². The number of ether oxygens (including phenoxy) is 1. The van der Waals surface area contributed by atoms with Gasteiger partial charge in [-0.2, -0.15) is 0 Å². The maximum Gasteiger partial charge on any atom is 0.407 e. The number of amides is 2. The lowest BCUT2D eigenvalue weighted by atomic mass is 9.98. The van der Waals surface area contributed by atoms with Gasteiger partial charge in [-0.25, -0.2) is 4.79 Å². The summed E-state index contributed by atoms with van der Waals surface area (Å²) in [6.07, 6.45) is 13.9. The first-order valence-electron chi connectivity index (χ1n) is 11.9. The molecule has 29 heavy (non-hydrogen) atoms. The minimum Gasteiger partial charge on any atom is -0.449 e. The van der Waals surface area contributed by atoms with E-state index < -0.39 is 0 Å². The van der Waals surface area contributed by atoms with E-state index in [4.69, 9.17) is 4.74 Å². The Labute approximate surface area is 178 Å². The monoisotopic (exact) mass is 411 g/mol. The van der Waals surface area contributed by atoms with E-state index in [2.05, 4.69) is 22.0 Å². The zero-order valence-corrected chi connectivity index (χ0v) is 19.2. The number of carbonyl (C=O) groups is 2. The number of piperidine rings is 1. The molecule has 0 aliphatic carbocycles. The fourth-order valence-corrected chi connectivity index (χ4v) is 3.93. The lowest BCUT2D eigenvalue weighted by molar-refractivity contribution is -0.135. The molecule has 1 rings (SSSR count). The highest BCUT2D eigenvalue weighted by molar-refractivity contribution is 5.76. The zero-order valence-electron chi connectivity index (χ0n) is 19.2. The average Bonchev–Trinajstić information content (AvgIpc) is 2.70. The minimum absolute atomic E-state index is 0.224. The summed E-state index contributed by atoms with van der Waals surface area (Å²) in [7, 11) is 4.03. The smallest absolute Gasteiger partial charge is 0.407 e. The summed E-state index contributed by atoms with van der Waals surface area (Å²) in [4.78, 5) is 28.6. The number of rotatable bonds is 15. The van der Waals surface area contributed by atoms with Crippen LogP contribution >= 0.6 is 0 Å². The molecule has 0 saturated carbocycles. The molecule has 1 unspecified atom stereocenters. The quantitative estimate of drug-likeness (QED) is 0.401. The zero-order chi connectivity index (χ0) is 21.3. The Bertz CT molecular complexity index is 443. The van der Waals surface area contributed by atoms with Crippen LogP contribution in [0.5, 0.6) is 0 Å². The van der Waals surface area contributed by atoms with Crippen molar-refractivity contribution < 1.29 is 14.3 Å². The molecule has 0 aromatic heterocycles. The molecule has 6 heteroatoms. The highest BCUT2D eigenvalue weighted by Crippen LogP contribution is 2.21. The van der Waals surface area contributed by atoms with Gasteiger partial charge in [0.15, 0.2) is 0 Å². The number of nitrogens with one attached hydrogen (secondary N) is 1. The Morgan fingerprint density at radius 1 is 1.03 bits per heavy atom. The molecule has 1 heterocycles. The topological polar surface area (TPSA) is 61.9 Å². The molecular weight excluding hydrogens is 366 g/mol. The molecule has 1 fully saturated rings. The molecule has 0 spiro atoms. The summed E-state index contributed by atoms with van der Waals surface area (Å²) in [5, 5.41) is 2.79. The number of nitrogens with zero attached hydrogens (tertiary/aromatic N) is 2. The third-order valence-corrected chi connectivity index (χ3v) is 5.68. The predicted octanol–water partition coefficient (Wildman–Crippen LogP) is 4.58. The summed E-state index contributed by atoms with van der Waals surface area (Å²) in [6.45, 7) is 5.04. The van der Waals surface area contributed by atoms with E-state index in [1.165, 1.54) is 32.1 Å². The molecule has 0 aromatic rings. The molecule has 2 amide bonds. The van der Waals surface area contributed by atoms with Crippen LogP contribution in [0.1, 0.15) is 90.4 Å². The predicted molar refractivity (Wildman–Crippen MR) is 119 cm³/mol. The maximum absolute atomic E-state index is 12.7. The van der Waals surface area contributed by atoms with Gasteiger partial charge in [0, 0.05) is 32.0 Å². The first-order chi connectivity index (χ1) is 14.0. The summed E-state index contributed by atoms with van der Waals surface area (Å²) in [5.41, 5.74) is 0. The fraction of sp³-hybridized carbons (Fsp3) is 0.913. The van der Waals surface area contributed by atoms with Crippen molar-refractivity contribution in [3.05, 3.63) is 0 Å². The number of hydrogen-bond donors (Lipinski definition) is 1. The summed E-state index contributed by atoms with van der Waals surface area (Å²) in [6, 6.07) is 0.224. The van der Waals surface area contributed by atoms with Crippen LogP contribution in [0.2, 0.25) is 0 Å². The van der Waals surface area contributed by atoms with Gasteiger partial charge >= 0.3 is 6.09 Å². The van der Waals surface area contributed by atoms with E-state index in [0.717, 1.165) is 58.0 Å². The van der Waals surface area contributed by atoms with Gasteiger partial charge in [0.25, 0.3) is 0 Å².